The fourth-order valence-corrected chi connectivity index (χ4v) is 0. The predicted octanol–water partition coefficient (Wildman–Crippen LogP) is 5.43. The molecule has 0 unspecified atom stereocenters. The first-order chi connectivity index (χ1) is 6.93. The summed E-state index contributed by atoms with van der Waals surface area (Å²) in [6, 6.07) is 0. The molecule has 0 aliphatic carbocycles. The molecule has 0 saturated carbocycles. The van der Waals surface area contributed by atoms with Gasteiger partial charge in [-0.15, -0.1) is 31.7 Å². The molecule has 0 amide bonds. The van der Waals surface area contributed by atoms with Crippen LogP contribution in [0.15, 0.2) is 0 Å². The topological polar surface area (TPSA) is 0 Å². The molecule has 0 N–H and O–H groups in total. The number of hydrogen-bond acceptors (Lipinski definition) is 0. The number of hydrogen-bond donors (Lipinski definition) is 0. The molecule has 112 valence electrons. The maximum atomic E-state index is 2.23. The smallest absolute Gasteiger partial charge is 0.116 e. The van der Waals surface area contributed by atoms with Crippen LogP contribution in [0.3, 0.4) is 0 Å². The first-order valence-electron chi connectivity index (χ1n) is 5.37. The van der Waals surface area contributed by atoms with Crippen molar-refractivity contribution in [1.82, 2.24) is 0 Å². The van der Waals surface area contributed by atoms with Gasteiger partial charge in [-0.1, -0.05) is 0 Å². The second-order valence-electron chi connectivity index (χ2n) is 5.37. The minimum atomic E-state index is 0. The molecule has 0 radical (unpaired) electrons. The van der Waals surface area contributed by atoms with Gasteiger partial charge in [-0.25, -0.2) is 0 Å². The fraction of sp³-hybridized carbons (Fsp3) is 1.00. The van der Waals surface area contributed by atoms with E-state index >= 15 is 0 Å². The second kappa shape index (κ2) is 26.9. The summed E-state index contributed by atoms with van der Waals surface area (Å²) in [5, 5.41) is 0. The van der Waals surface area contributed by atoms with Crippen LogP contribution in [0.5, 0.6) is 0 Å². The van der Waals surface area contributed by atoms with E-state index in [1.165, 1.54) is 0 Å². The molecule has 0 rings (SSSR count). The standard InChI is InChI=1S/4C3H9P.Pd/c4*1-4(2)3;/h4*1-3H3;/q;;;;+2. The van der Waals surface area contributed by atoms with Crippen LogP contribution in [-0.4, -0.2) is 80.0 Å². The fourth-order valence-electron chi connectivity index (χ4n) is 0. The van der Waals surface area contributed by atoms with Crippen LogP contribution in [0.1, 0.15) is 0 Å². The van der Waals surface area contributed by atoms with Crippen molar-refractivity contribution >= 4 is 31.7 Å². The summed E-state index contributed by atoms with van der Waals surface area (Å²) in [4.78, 5) is 0. The summed E-state index contributed by atoms with van der Waals surface area (Å²) in [6.45, 7) is 26.8. The van der Waals surface area contributed by atoms with Gasteiger partial charge >= 0.3 is 20.4 Å². The zero-order valence-electron chi connectivity index (χ0n) is 14.1. The van der Waals surface area contributed by atoms with Gasteiger partial charge in [0, 0.05) is 0 Å². The van der Waals surface area contributed by atoms with Gasteiger partial charge in [0.25, 0.3) is 0 Å². The normalized spacial score (nSPS) is 8.47. The van der Waals surface area contributed by atoms with Gasteiger partial charge in [-0.05, 0) is 80.0 Å². The molecule has 17 heavy (non-hydrogen) atoms. The largest absolute Gasteiger partial charge is 2.00 e. The van der Waals surface area contributed by atoms with Gasteiger partial charge in [0.1, 0.15) is 0 Å². The second-order valence-corrected chi connectivity index (χ2v) is 16.1. The Bertz CT molecular complexity index is 61.5. The molecular formula is C12H36P4Pd+2. The SMILES string of the molecule is CP(C)C.CP(C)C.CP(C)C.CP(C)C.[Pd+2]. The van der Waals surface area contributed by atoms with E-state index in [2.05, 4.69) is 80.0 Å². The molecule has 5 heteroatoms. The molecule has 0 aromatic carbocycles. The quantitative estimate of drug-likeness (QED) is 0.369. The predicted molar refractivity (Wildman–Crippen MR) is 98.8 cm³/mol. The van der Waals surface area contributed by atoms with E-state index in [0.717, 1.165) is 0 Å². The molecule has 0 saturated heterocycles. The van der Waals surface area contributed by atoms with Crippen molar-refractivity contribution in [2.45, 2.75) is 0 Å². The Kier molecular flexibility index (Phi) is 50.0. The van der Waals surface area contributed by atoms with Crippen LogP contribution in [0.4, 0.5) is 0 Å². The van der Waals surface area contributed by atoms with Crippen molar-refractivity contribution < 1.29 is 20.4 Å². The van der Waals surface area contributed by atoms with Crippen molar-refractivity contribution in [2.24, 2.45) is 0 Å². The summed E-state index contributed by atoms with van der Waals surface area (Å²) in [5.41, 5.74) is 0. The minimum Gasteiger partial charge on any atom is -0.116 e. The molecule has 0 aliphatic heterocycles. The van der Waals surface area contributed by atoms with E-state index in [-0.39, 0.29) is 20.4 Å². The van der Waals surface area contributed by atoms with Gasteiger partial charge < -0.3 is 0 Å². The number of rotatable bonds is 0. The van der Waals surface area contributed by atoms with Gasteiger partial charge in [0.15, 0.2) is 0 Å². The van der Waals surface area contributed by atoms with Crippen molar-refractivity contribution in [3.63, 3.8) is 0 Å². The van der Waals surface area contributed by atoms with Crippen molar-refractivity contribution in [1.29, 1.82) is 0 Å². The van der Waals surface area contributed by atoms with E-state index in [9.17, 15) is 0 Å². The van der Waals surface area contributed by atoms with Crippen molar-refractivity contribution in [2.75, 3.05) is 80.0 Å². The van der Waals surface area contributed by atoms with E-state index in [0.29, 0.717) is 31.7 Å². The molecular weight excluding hydrogens is 374 g/mol. The molecule has 0 heterocycles. The third-order valence-electron chi connectivity index (χ3n) is 0. The zero-order chi connectivity index (χ0) is 14.3. The molecule has 0 aliphatic rings. The van der Waals surface area contributed by atoms with Crippen LogP contribution < -0.4 is 0 Å². The molecule has 0 aromatic rings. The Labute approximate surface area is 132 Å². The molecule has 0 fully saturated rings. The molecule has 0 spiro atoms. The maximum absolute atomic E-state index is 2.23. The van der Waals surface area contributed by atoms with Crippen LogP contribution in [-0.2, 0) is 20.4 Å². The maximum Gasteiger partial charge on any atom is 2.00 e. The van der Waals surface area contributed by atoms with Crippen molar-refractivity contribution in [3.05, 3.63) is 0 Å². The van der Waals surface area contributed by atoms with E-state index in [1.54, 1.807) is 0 Å². The average Bonchev–Trinajstić information content (AvgIpc) is 1.76. The molecule has 0 atom stereocenters. The first-order valence-corrected chi connectivity index (χ1v) is 16.1. The third kappa shape index (κ3) is 869. The van der Waals surface area contributed by atoms with Crippen LogP contribution in [0.2, 0.25) is 0 Å². The average molecular weight is 411 g/mol. The van der Waals surface area contributed by atoms with Gasteiger partial charge in [0.05, 0.1) is 0 Å². The first kappa shape index (κ1) is 31.7. The molecule has 0 aromatic heterocycles. The Morgan fingerprint density at radius 2 is 0.294 bits per heavy atom. The van der Waals surface area contributed by atoms with E-state index in [4.69, 9.17) is 0 Å². The monoisotopic (exact) mass is 410 g/mol. The zero-order valence-corrected chi connectivity index (χ0v) is 19.2. The summed E-state index contributed by atoms with van der Waals surface area (Å²) >= 11 is 0. The molecule has 0 nitrogen and oxygen atoms in total. The Hall–Kier alpha value is 2.38. The molecule has 0 bridgehead atoms. The van der Waals surface area contributed by atoms with Crippen LogP contribution in [0, 0.1) is 0 Å². The van der Waals surface area contributed by atoms with Gasteiger partial charge in [0.2, 0.25) is 0 Å². The Morgan fingerprint density at radius 3 is 0.294 bits per heavy atom. The van der Waals surface area contributed by atoms with Gasteiger partial charge in [-0.3, -0.25) is 0 Å². The summed E-state index contributed by atoms with van der Waals surface area (Å²) in [6.07, 6.45) is 0. The minimum absolute atomic E-state index is 0. The summed E-state index contributed by atoms with van der Waals surface area (Å²) < 4.78 is 0. The third-order valence-corrected chi connectivity index (χ3v) is 0. The van der Waals surface area contributed by atoms with E-state index in [1.807, 2.05) is 0 Å². The van der Waals surface area contributed by atoms with Gasteiger partial charge in [-0.2, -0.15) is 0 Å². The Balaban J connectivity index is -0.0000000369. The van der Waals surface area contributed by atoms with Crippen molar-refractivity contribution in [3.8, 4) is 0 Å². The Morgan fingerprint density at radius 1 is 0.294 bits per heavy atom. The summed E-state index contributed by atoms with van der Waals surface area (Å²) in [5.74, 6) is 0. The van der Waals surface area contributed by atoms with Crippen LogP contribution in [0.25, 0.3) is 0 Å². The summed E-state index contributed by atoms with van der Waals surface area (Å²) in [7, 11) is 1.52. The van der Waals surface area contributed by atoms with Crippen LogP contribution >= 0.6 is 31.7 Å². The van der Waals surface area contributed by atoms with E-state index < -0.39 is 0 Å².